The van der Waals surface area contributed by atoms with E-state index in [1.165, 1.54) is 0 Å². The van der Waals surface area contributed by atoms with Crippen LogP contribution in [0.5, 0.6) is 0 Å². The summed E-state index contributed by atoms with van der Waals surface area (Å²) in [4.78, 5) is 26.9. The van der Waals surface area contributed by atoms with Crippen LogP contribution in [0.25, 0.3) is 0 Å². The lowest BCUT2D eigenvalue weighted by atomic mass is 9.83. The maximum atomic E-state index is 12.6. The third kappa shape index (κ3) is 3.93. The van der Waals surface area contributed by atoms with Gasteiger partial charge in [-0.25, -0.2) is 0 Å². The van der Waals surface area contributed by atoms with Crippen molar-refractivity contribution >= 4 is 27.7 Å². The first-order valence-corrected chi connectivity index (χ1v) is 8.55. The summed E-state index contributed by atoms with van der Waals surface area (Å²) in [7, 11) is 0.446. The molecule has 25 heavy (non-hydrogen) atoms. The summed E-state index contributed by atoms with van der Waals surface area (Å²) < 4.78 is 29.7. The number of anilines is 1. The van der Waals surface area contributed by atoms with Gasteiger partial charge in [0, 0.05) is 36.5 Å². The van der Waals surface area contributed by atoms with E-state index in [0.717, 1.165) is 12.8 Å². The van der Waals surface area contributed by atoms with E-state index >= 15 is 0 Å². The van der Waals surface area contributed by atoms with E-state index in [0.29, 0.717) is 22.3 Å². The van der Waals surface area contributed by atoms with Gasteiger partial charge in [-0.05, 0) is 6.07 Å². The van der Waals surface area contributed by atoms with Gasteiger partial charge in [0.25, 0.3) is 0 Å². The molecule has 0 aliphatic heterocycles. The van der Waals surface area contributed by atoms with Gasteiger partial charge in [0.15, 0.2) is 11.6 Å². The molecule has 0 fully saturated rings. The van der Waals surface area contributed by atoms with E-state index in [4.69, 9.17) is 4.55 Å². The van der Waals surface area contributed by atoms with E-state index in [1.54, 1.807) is 30.3 Å². The van der Waals surface area contributed by atoms with E-state index in [-0.39, 0.29) is 11.6 Å². The summed E-state index contributed by atoms with van der Waals surface area (Å²) in [6.45, 7) is 0. The number of nitrogens with zero attached hydrogens (tertiary/aromatic N) is 1. The van der Waals surface area contributed by atoms with Gasteiger partial charge >= 0.3 is 10.4 Å². The number of carbonyl (C=O) groups excluding carboxylic acids is 2. The van der Waals surface area contributed by atoms with Crippen molar-refractivity contribution in [3.8, 4) is 0 Å². The minimum atomic E-state index is -4.16. The fourth-order valence-corrected chi connectivity index (χ4v) is 2.50. The van der Waals surface area contributed by atoms with Crippen LogP contribution in [0.15, 0.2) is 42.5 Å². The van der Waals surface area contributed by atoms with Crippen molar-refractivity contribution in [1.82, 2.24) is 0 Å². The van der Waals surface area contributed by atoms with Crippen LogP contribution in [0.2, 0.25) is 0 Å². The van der Waals surface area contributed by atoms with Crippen molar-refractivity contribution < 1.29 is 26.7 Å². The highest BCUT2D eigenvalue weighted by atomic mass is 32.3. The lowest BCUT2D eigenvalue weighted by molar-refractivity contribution is 0.0979. The molecule has 0 saturated heterocycles. The Morgan fingerprint density at radius 3 is 1.84 bits per heavy atom. The second-order valence-electron chi connectivity index (χ2n) is 5.39. The highest BCUT2D eigenvalue weighted by Crippen LogP contribution is 2.32. The topological polar surface area (TPSA) is 101 Å². The van der Waals surface area contributed by atoms with Crippen LogP contribution in [0.4, 0.5) is 5.69 Å². The number of hydrogen-bond acceptors (Lipinski definition) is 6. The van der Waals surface area contributed by atoms with Gasteiger partial charge in [-0.15, -0.1) is 0 Å². The summed E-state index contributed by atoms with van der Waals surface area (Å²) in [6, 6.07) is 12.4. The first kappa shape index (κ1) is 18.8. The molecule has 1 N–H and O–H groups in total. The molecule has 0 unspecified atom stereocenters. The fourth-order valence-electron chi connectivity index (χ4n) is 2.50. The van der Waals surface area contributed by atoms with Gasteiger partial charge in [-0.3, -0.25) is 18.3 Å². The quantitative estimate of drug-likeness (QED) is 0.695. The summed E-state index contributed by atoms with van der Waals surface area (Å²) in [5, 5.41) is 0. The Labute approximate surface area is 145 Å². The predicted molar refractivity (Wildman–Crippen MR) is 92.6 cm³/mol. The third-order valence-corrected chi connectivity index (χ3v) is 4.04. The van der Waals surface area contributed by atoms with Crippen LogP contribution < -0.4 is 4.90 Å². The van der Waals surface area contributed by atoms with Crippen LogP contribution in [0, 0.1) is 0 Å². The molecule has 0 spiro atoms. The van der Waals surface area contributed by atoms with Gasteiger partial charge in [-0.1, -0.05) is 36.4 Å². The number of fused-ring (bicyclic) bond motifs is 2. The van der Waals surface area contributed by atoms with E-state index in [2.05, 4.69) is 4.18 Å². The molecular formula is C17H17NO6S. The van der Waals surface area contributed by atoms with Crippen molar-refractivity contribution in [2.45, 2.75) is 0 Å². The number of hydrogen-bond donors (Lipinski definition) is 1. The smallest absolute Gasteiger partial charge is 0.377 e. The largest absolute Gasteiger partial charge is 0.397 e. The summed E-state index contributed by atoms with van der Waals surface area (Å²) in [5.41, 5.74) is 2.78. The van der Waals surface area contributed by atoms with Crippen LogP contribution in [-0.4, -0.2) is 45.7 Å². The lowest BCUT2D eigenvalue weighted by Crippen LogP contribution is -2.24. The molecular weight excluding hydrogens is 346 g/mol. The van der Waals surface area contributed by atoms with Crippen LogP contribution in [-0.2, 0) is 14.6 Å². The zero-order chi connectivity index (χ0) is 18.8. The minimum Gasteiger partial charge on any atom is -0.377 e. The molecule has 0 radical (unpaired) electrons. The monoisotopic (exact) mass is 363 g/mol. The van der Waals surface area contributed by atoms with Gasteiger partial charge < -0.3 is 4.90 Å². The standard InChI is InChI=1S/C16H13NO2.CH4O4S/c1-17(2)13-9-5-8-12-14(13)16(19)11-7-4-3-6-10(11)15(12)18;1-5-6(2,3)4/h3-9H,1-2H3;1H3,(H,2,3,4). The Hall–Kier alpha value is -2.55. The lowest BCUT2D eigenvalue weighted by Gasteiger charge is -2.23. The molecule has 0 amide bonds. The molecule has 0 aromatic heterocycles. The van der Waals surface area contributed by atoms with Gasteiger partial charge in [0.1, 0.15) is 0 Å². The van der Waals surface area contributed by atoms with Crippen molar-refractivity contribution in [2.75, 3.05) is 26.1 Å². The Kier molecular flexibility index (Phi) is 5.36. The van der Waals surface area contributed by atoms with Crippen LogP contribution >= 0.6 is 0 Å². The van der Waals surface area contributed by atoms with E-state index in [1.807, 2.05) is 31.1 Å². The second kappa shape index (κ2) is 7.14. The number of rotatable bonds is 2. The van der Waals surface area contributed by atoms with Crippen molar-refractivity contribution in [1.29, 1.82) is 0 Å². The van der Waals surface area contributed by atoms with Crippen molar-refractivity contribution in [3.05, 3.63) is 64.7 Å². The molecule has 0 saturated carbocycles. The SMILES string of the molecule is CN(C)c1cccc2c1C(=O)c1ccccc1C2=O.COS(=O)(=O)O. The number of benzene rings is 2. The maximum absolute atomic E-state index is 12.6. The van der Waals surface area contributed by atoms with Gasteiger partial charge in [0.2, 0.25) is 0 Å². The summed E-state index contributed by atoms with van der Waals surface area (Å²) in [5.74, 6) is -0.150. The van der Waals surface area contributed by atoms with E-state index in [9.17, 15) is 18.0 Å². The minimum absolute atomic E-state index is 0.0745. The van der Waals surface area contributed by atoms with Gasteiger partial charge in [-0.2, -0.15) is 8.42 Å². The summed E-state index contributed by atoms with van der Waals surface area (Å²) >= 11 is 0. The molecule has 0 heterocycles. The fraction of sp³-hybridized carbons (Fsp3) is 0.176. The first-order valence-electron chi connectivity index (χ1n) is 7.19. The Morgan fingerprint density at radius 2 is 1.36 bits per heavy atom. The molecule has 8 heteroatoms. The maximum Gasteiger partial charge on any atom is 0.397 e. The summed E-state index contributed by atoms with van der Waals surface area (Å²) in [6.07, 6.45) is 0. The average Bonchev–Trinajstić information content (AvgIpc) is 2.59. The third-order valence-electron chi connectivity index (χ3n) is 3.62. The predicted octanol–water partition coefficient (Wildman–Crippen LogP) is 1.96. The highest BCUT2D eigenvalue weighted by molar-refractivity contribution is 7.80. The molecule has 1 aliphatic carbocycles. The molecule has 0 bridgehead atoms. The van der Waals surface area contributed by atoms with Crippen LogP contribution in [0.3, 0.4) is 0 Å². The van der Waals surface area contributed by atoms with Crippen LogP contribution in [0.1, 0.15) is 31.8 Å². The van der Waals surface area contributed by atoms with Gasteiger partial charge in [0.05, 0.1) is 12.7 Å². The Balaban J connectivity index is 0.000000326. The zero-order valence-electron chi connectivity index (χ0n) is 13.9. The zero-order valence-corrected chi connectivity index (χ0v) is 14.7. The molecule has 2 aromatic rings. The molecule has 0 atom stereocenters. The average molecular weight is 363 g/mol. The van der Waals surface area contributed by atoms with E-state index < -0.39 is 10.4 Å². The number of ketones is 2. The second-order valence-corrected chi connectivity index (χ2v) is 6.58. The Morgan fingerprint density at radius 1 is 0.880 bits per heavy atom. The van der Waals surface area contributed by atoms with Crippen molar-refractivity contribution in [3.63, 3.8) is 0 Å². The Bertz CT molecular complexity index is 934. The number of carbonyl (C=O) groups is 2. The first-order chi connectivity index (χ1) is 11.7. The molecule has 132 valence electrons. The van der Waals surface area contributed by atoms with Crippen molar-refractivity contribution in [2.24, 2.45) is 0 Å². The molecule has 1 aliphatic rings. The molecule has 7 nitrogen and oxygen atoms in total. The molecule has 3 rings (SSSR count). The normalized spacial score (nSPS) is 12.6. The molecule has 2 aromatic carbocycles. The highest BCUT2D eigenvalue weighted by Gasteiger charge is 2.31.